The summed E-state index contributed by atoms with van der Waals surface area (Å²) in [6.45, 7) is 2.88. The number of hydrogen-bond acceptors (Lipinski definition) is 4. The maximum absolute atomic E-state index is 5.90. The van der Waals surface area contributed by atoms with Crippen molar-refractivity contribution in [3.8, 4) is 0 Å². The smallest absolute Gasteiger partial charge is 0.115 e. The second kappa shape index (κ2) is 3.74. The summed E-state index contributed by atoms with van der Waals surface area (Å²) in [5.41, 5.74) is 6.92. The van der Waals surface area contributed by atoms with Gasteiger partial charge in [-0.2, -0.15) is 0 Å². The Morgan fingerprint density at radius 2 is 2.62 bits per heavy atom. The van der Waals surface area contributed by atoms with E-state index in [-0.39, 0.29) is 12.1 Å². The van der Waals surface area contributed by atoms with E-state index in [4.69, 9.17) is 10.5 Å². The van der Waals surface area contributed by atoms with Crippen LogP contribution in [0.1, 0.15) is 30.2 Å². The van der Waals surface area contributed by atoms with Gasteiger partial charge in [0.1, 0.15) is 6.10 Å². The van der Waals surface area contributed by atoms with Gasteiger partial charge in [0.2, 0.25) is 0 Å². The van der Waals surface area contributed by atoms with E-state index >= 15 is 0 Å². The fourth-order valence-corrected chi connectivity index (χ4v) is 2.30. The van der Waals surface area contributed by atoms with E-state index in [0.717, 1.165) is 30.2 Å². The average molecular weight is 198 g/mol. The molecule has 0 aliphatic carbocycles. The molecule has 0 aromatic carbocycles. The Morgan fingerprint density at radius 1 is 1.77 bits per heavy atom. The summed E-state index contributed by atoms with van der Waals surface area (Å²) < 4.78 is 5.53. The van der Waals surface area contributed by atoms with Crippen LogP contribution in [0, 0.1) is 0 Å². The highest BCUT2D eigenvalue weighted by molar-refractivity contribution is 7.09. The normalized spacial score (nSPS) is 28.2. The maximum Gasteiger partial charge on any atom is 0.115 e. The third-order valence-corrected chi connectivity index (χ3v) is 3.31. The summed E-state index contributed by atoms with van der Waals surface area (Å²) in [5.74, 6) is 0. The van der Waals surface area contributed by atoms with Crippen LogP contribution in [0.25, 0.3) is 0 Å². The van der Waals surface area contributed by atoms with Crippen LogP contribution in [-0.4, -0.2) is 17.6 Å². The summed E-state index contributed by atoms with van der Waals surface area (Å²) in [7, 11) is 0. The van der Waals surface area contributed by atoms with E-state index < -0.39 is 0 Å². The van der Waals surface area contributed by atoms with Crippen LogP contribution >= 0.6 is 11.3 Å². The largest absolute Gasteiger partial charge is 0.370 e. The molecule has 1 aliphatic heterocycles. The minimum atomic E-state index is 0.0385. The van der Waals surface area contributed by atoms with Gasteiger partial charge in [-0.25, -0.2) is 4.98 Å². The van der Waals surface area contributed by atoms with Crippen molar-refractivity contribution in [2.24, 2.45) is 5.73 Å². The van der Waals surface area contributed by atoms with E-state index in [9.17, 15) is 0 Å². The molecule has 2 rings (SSSR count). The van der Waals surface area contributed by atoms with Gasteiger partial charge in [0, 0.05) is 18.0 Å². The molecule has 0 amide bonds. The average Bonchev–Trinajstić information content (AvgIpc) is 2.71. The van der Waals surface area contributed by atoms with Crippen LogP contribution in [0.4, 0.5) is 0 Å². The molecule has 1 fully saturated rings. The fraction of sp³-hybridized carbons (Fsp3) is 0.667. The lowest BCUT2D eigenvalue weighted by Crippen LogP contribution is -2.23. The Hall–Kier alpha value is -0.450. The van der Waals surface area contributed by atoms with Gasteiger partial charge < -0.3 is 10.5 Å². The van der Waals surface area contributed by atoms with E-state index in [1.54, 1.807) is 11.3 Å². The van der Waals surface area contributed by atoms with Crippen molar-refractivity contribution in [2.75, 3.05) is 6.61 Å². The Morgan fingerprint density at radius 3 is 3.15 bits per heavy atom. The molecule has 0 bridgehead atoms. The number of aromatic nitrogens is 1. The molecule has 1 saturated heterocycles. The lowest BCUT2D eigenvalue weighted by Gasteiger charge is -2.10. The molecule has 13 heavy (non-hydrogen) atoms. The molecule has 2 heterocycles. The zero-order valence-corrected chi connectivity index (χ0v) is 8.51. The molecule has 72 valence electrons. The summed E-state index contributed by atoms with van der Waals surface area (Å²) in [4.78, 5) is 4.47. The third-order valence-electron chi connectivity index (χ3n) is 2.30. The number of ether oxygens (including phenoxy) is 1. The predicted octanol–water partition coefficient (Wildman–Crippen LogP) is 1.49. The third kappa shape index (κ3) is 1.75. The van der Waals surface area contributed by atoms with Crippen LogP contribution < -0.4 is 5.73 Å². The monoisotopic (exact) mass is 198 g/mol. The first kappa shape index (κ1) is 9.12. The van der Waals surface area contributed by atoms with Gasteiger partial charge >= 0.3 is 0 Å². The van der Waals surface area contributed by atoms with Crippen molar-refractivity contribution >= 4 is 11.3 Å². The van der Waals surface area contributed by atoms with Crippen LogP contribution in [0.15, 0.2) is 5.38 Å². The number of nitrogens with zero attached hydrogens (tertiary/aromatic N) is 1. The Balaban J connectivity index is 2.15. The number of hydrogen-bond donors (Lipinski definition) is 1. The molecule has 4 heteroatoms. The summed E-state index contributed by atoms with van der Waals surface area (Å²) in [5, 5.41) is 3.23. The number of aryl methyl sites for hydroxylation is 1. The summed E-state index contributed by atoms with van der Waals surface area (Å²) in [6.07, 6.45) is 1.98. The molecule has 1 aliphatic rings. The second-order valence-electron chi connectivity index (χ2n) is 3.26. The predicted molar refractivity (Wildman–Crippen MR) is 52.8 cm³/mol. The first-order valence-electron chi connectivity index (χ1n) is 4.62. The highest BCUT2D eigenvalue weighted by Gasteiger charge is 2.28. The molecule has 2 unspecified atom stereocenters. The van der Waals surface area contributed by atoms with E-state index in [0.29, 0.717) is 0 Å². The van der Waals surface area contributed by atoms with Crippen LogP contribution in [-0.2, 0) is 11.2 Å². The van der Waals surface area contributed by atoms with Gasteiger partial charge in [0.25, 0.3) is 0 Å². The first-order chi connectivity index (χ1) is 6.31. The fourth-order valence-electron chi connectivity index (χ4n) is 1.53. The first-order valence-corrected chi connectivity index (χ1v) is 5.50. The second-order valence-corrected chi connectivity index (χ2v) is 4.21. The van der Waals surface area contributed by atoms with Gasteiger partial charge in [-0.05, 0) is 12.8 Å². The van der Waals surface area contributed by atoms with Crippen molar-refractivity contribution in [2.45, 2.75) is 31.9 Å². The van der Waals surface area contributed by atoms with E-state index in [1.807, 2.05) is 0 Å². The standard InChI is InChI=1S/C9H14N2OS/c1-2-8-11-7(5-13-8)9-6(10)3-4-12-9/h5-6,9H,2-4,10H2,1H3. The van der Waals surface area contributed by atoms with Crippen molar-refractivity contribution in [1.82, 2.24) is 4.98 Å². The number of thiazole rings is 1. The minimum absolute atomic E-state index is 0.0385. The quantitative estimate of drug-likeness (QED) is 0.783. The molecule has 0 saturated carbocycles. The summed E-state index contributed by atoms with van der Waals surface area (Å²) >= 11 is 1.69. The SMILES string of the molecule is CCc1nc(C2OCCC2N)cs1. The molecule has 1 aromatic rings. The van der Waals surface area contributed by atoms with Gasteiger partial charge in [0.05, 0.1) is 10.7 Å². The van der Waals surface area contributed by atoms with Crippen molar-refractivity contribution in [1.29, 1.82) is 0 Å². The Labute approximate surface area is 81.9 Å². The number of rotatable bonds is 2. The number of nitrogens with two attached hydrogens (primary N) is 1. The molecular weight excluding hydrogens is 184 g/mol. The van der Waals surface area contributed by atoms with E-state index in [2.05, 4.69) is 17.3 Å². The highest BCUT2D eigenvalue weighted by atomic mass is 32.1. The topological polar surface area (TPSA) is 48.1 Å². The van der Waals surface area contributed by atoms with Crippen molar-refractivity contribution in [3.63, 3.8) is 0 Å². The van der Waals surface area contributed by atoms with Gasteiger partial charge in [-0.15, -0.1) is 11.3 Å². The molecular formula is C9H14N2OS. The molecule has 2 atom stereocenters. The van der Waals surface area contributed by atoms with Crippen LogP contribution in [0.2, 0.25) is 0 Å². The van der Waals surface area contributed by atoms with Gasteiger partial charge in [0.15, 0.2) is 0 Å². The van der Waals surface area contributed by atoms with Crippen LogP contribution in [0.3, 0.4) is 0 Å². The highest BCUT2D eigenvalue weighted by Crippen LogP contribution is 2.28. The molecule has 0 spiro atoms. The van der Waals surface area contributed by atoms with Crippen molar-refractivity contribution in [3.05, 3.63) is 16.1 Å². The lowest BCUT2D eigenvalue weighted by atomic mass is 10.1. The minimum Gasteiger partial charge on any atom is -0.370 e. The maximum atomic E-state index is 5.90. The summed E-state index contributed by atoms with van der Waals surface area (Å²) in [6, 6.07) is 0.131. The Kier molecular flexibility index (Phi) is 2.62. The van der Waals surface area contributed by atoms with Crippen molar-refractivity contribution < 1.29 is 4.74 Å². The zero-order valence-electron chi connectivity index (χ0n) is 7.69. The van der Waals surface area contributed by atoms with Gasteiger partial charge in [-0.3, -0.25) is 0 Å². The zero-order chi connectivity index (χ0) is 9.26. The molecule has 2 N–H and O–H groups in total. The molecule has 3 nitrogen and oxygen atoms in total. The lowest BCUT2D eigenvalue weighted by molar-refractivity contribution is 0.102. The van der Waals surface area contributed by atoms with E-state index in [1.165, 1.54) is 0 Å². The molecule has 0 radical (unpaired) electrons. The van der Waals surface area contributed by atoms with Gasteiger partial charge in [-0.1, -0.05) is 6.92 Å². The molecule has 1 aromatic heterocycles. The van der Waals surface area contributed by atoms with Crippen LogP contribution in [0.5, 0.6) is 0 Å². The Bertz CT molecular complexity index is 287.